The smallest absolute Gasteiger partial charge is 0.130 e. The van der Waals surface area contributed by atoms with E-state index in [9.17, 15) is 5.11 Å². The van der Waals surface area contributed by atoms with Gasteiger partial charge in [-0.05, 0) is 35.4 Å². The van der Waals surface area contributed by atoms with Gasteiger partial charge >= 0.3 is 0 Å². The van der Waals surface area contributed by atoms with Crippen molar-refractivity contribution in [2.45, 2.75) is 13.3 Å². The molecule has 0 aromatic heterocycles. The van der Waals surface area contributed by atoms with E-state index in [1.807, 2.05) is 48.5 Å². The molecule has 104 valence electrons. The summed E-state index contributed by atoms with van der Waals surface area (Å²) in [5, 5.41) is 12.4. The Hall–Kier alpha value is -2.54. The van der Waals surface area contributed by atoms with Crippen LogP contribution >= 0.6 is 0 Å². The quantitative estimate of drug-likeness (QED) is 0.703. The molecule has 3 rings (SSSR count). The highest BCUT2D eigenvalue weighted by molar-refractivity contribution is 5.93. The standard InChI is InChI=1S/C20H18O/c1-14-7-3-4-9-17(14)13-15(2)18-12-11-16-8-5-6-10-19(16)20(18)21/h3-12,21H,2,13H2,1H3. The molecule has 0 bridgehead atoms. The first-order chi connectivity index (χ1) is 10.2. The Kier molecular flexibility index (Phi) is 3.49. The Morgan fingerprint density at radius 3 is 2.48 bits per heavy atom. The molecule has 1 heteroatoms. The van der Waals surface area contributed by atoms with Gasteiger partial charge in [-0.2, -0.15) is 0 Å². The molecule has 1 nitrogen and oxygen atoms in total. The Bertz CT molecular complexity index is 815. The molecule has 0 aliphatic heterocycles. The molecule has 0 aliphatic rings. The lowest BCUT2D eigenvalue weighted by molar-refractivity contribution is 0.480. The van der Waals surface area contributed by atoms with E-state index in [1.165, 1.54) is 11.1 Å². The number of aryl methyl sites for hydroxylation is 1. The Labute approximate surface area is 125 Å². The lowest BCUT2D eigenvalue weighted by atomic mass is 9.94. The van der Waals surface area contributed by atoms with E-state index in [0.717, 1.165) is 28.3 Å². The molecule has 3 aromatic rings. The summed E-state index contributed by atoms with van der Waals surface area (Å²) in [7, 11) is 0. The molecule has 0 saturated heterocycles. The number of hydrogen-bond acceptors (Lipinski definition) is 1. The van der Waals surface area contributed by atoms with Crippen LogP contribution in [0.25, 0.3) is 16.3 Å². The fraction of sp³-hybridized carbons (Fsp3) is 0.100. The third-order valence-electron chi connectivity index (χ3n) is 3.95. The van der Waals surface area contributed by atoms with Gasteiger partial charge in [0, 0.05) is 10.9 Å². The van der Waals surface area contributed by atoms with Crippen molar-refractivity contribution in [1.82, 2.24) is 0 Å². The van der Waals surface area contributed by atoms with Gasteiger partial charge in [-0.15, -0.1) is 0 Å². The van der Waals surface area contributed by atoms with Gasteiger partial charge in [0.25, 0.3) is 0 Å². The van der Waals surface area contributed by atoms with Gasteiger partial charge in [0.2, 0.25) is 0 Å². The van der Waals surface area contributed by atoms with E-state index >= 15 is 0 Å². The minimum atomic E-state index is 0.326. The third kappa shape index (κ3) is 2.55. The minimum Gasteiger partial charge on any atom is -0.507 e. The fourth-order valence-electron chi connectivity index (χ4n) is 2.67. The number of hydrogen-bond donors (Lipinski definition) is 1. The van der Waals surface area contributed by atoms with Crippen LogP contribution in [0.4, 0.5) is 0 Å². The number of benzene rings is 3. The lowest BCUT2D eigenvalue weighted by Gasteiger charge is -2.12. The second-order valence-electron chi connectivity index (χ2n) is 5.39. The summed E-state index contributed by atoms with van der Waals surface area (Å²) in [4.78, 5) is 0. The largest absolute Gasteiger partial charge is 0.507 e. The molecular weight excluding hydrogens is 256 g/mol. The predicted molar refractivity (Wildman–Crippen MR) is 89.5 cm³/mol. The van der Waals surface area contributed by atoms with Gasteiger partial charge in [-0.1, -0.05) is 67.2 Å². The van der Waals surface area contributed by atoms with Gasteiger partial charge in [-0.25, -0.2) is 0 Å². The molecule has 0 fully saturated rings. The molecular formula is C20H18O. The van der Waals surface area contributed by atoms with Crippen molar-refractivity contribution in [1.29, 1.82) is 0 Å². The van der Waals surface area contributed by atoms with E-state index in [4.69, 9.17) is 0 Å². The zero-order chi connectivity index (χ0) is 14.8. The van der Waals surface area contributed by atoms with Gasteiger partial charge < -0.3 is 5.11 Å². The number of phenols is 1. The van der Waals surface area contributed by atoms with Crippen molar-refractivity contribution < 1.29 is 5.11 Å². The van der Waals surface area contributed by atoms with Crippen molar-refractivity contribution in [2.24, 2.45) is 0 Å². The average Bonchev–Trinajstić information content (AvgIpc) is 2.50. The summed E-state index contributed by atoms with van der Waals surface area (Å²) in [5.74, 6) is 0.326. The molecule has 0 saturated carbocycles. The molecule has 1 N–H and O–H groups in total. The lowest BCUT2D eigenvalue weighted by Crippen LogP contribution is -1.93. The minimum absolute atomic E-state index is 0.326. The molecule has 21 heavy (non-hydrogen) atoms. The van der Waals surface area contributed by atoms with E-state index in [0.29, 0.717) is 5.75 Å². The molecule has 3 aromatic carbocycles. The third-order valence-corrected chi connectivity index (χ3v) is 3.95. The van der Waals surface area contributed by atoms with Crippen LogP contribution in [0.5, 0.6) is 5.75 Å². The van der Waals surface area contributed by atoms with Crippen molar-refractivity contribution in [3.8, 4) is 5.75 Å². The molecule has 0 unspecified atom stereocenters. The Morgan fingerprint density at radius 2 is 1.67 bits per heavy atom. The highest BCUT2D eigenvalue weighted by atomic mass is 16.3. The van der Waals surface area contributed by atoms with Gasteiger partial charge in [0.05, 0.1) is 0 Å². The van der Waals surface area contributed by atoms with E-state index in [1.54, 1.807) is 0 Å². The first-order valence-corrected chi connectivity index (χ1v) is 7.10. The first-order valence-electron chi connectivity index (χ1n) is 7.10. The maximum Gasteiger partial charge on any atom is 0.130 e. The summed E-state index contributed by atoms with van der Waals surface area (Å²) in [6, 6.07) is 20.1. The first kappa shape index (κ1) is 13.4. The average molecular weight is 274 g/mol. The zero-order valence-electron chi connectivity index (χ0n) is 12.1. The number of aromatic hydroxyl groups is 1. The van der Waals surface area contributed by atoms with Crippen LogP contribution in [-0.4, -0.2) is 5.11 Å². The molecule has 0 amide bonds. The molecule has 0 spiro atoms. The molecule has 0 radical (unpaired) electrons. The van der Waals surface area contributed by atoms with Crippen LogP contribution < -0.4 is 0 Å². The SMILES string of the molecule is C=C(Cc1ccccc1C)c1ccc2ccccc2c1O. The summed E-state index contributed by atoms with van der Waals surface area (Å²) in [5.41, 5.74) is 4.26. The van der Waals surface area contributed by atoms with Crippen LogP contribution in [0.1, 0.15) is 16.7 Å². The van der Waals surface area contributed by atoms with Crippen LogP contribution in [0.3, 0.4) is 0 Å². The molecule has 0 heterocycles. The second kappa shape index (κ2) is 5.45. The Morgan fingerprint density at radius 1 is 0.952 bits per heavy atom. The van der Waals surface area contributed by atoms with Crippen LogP contribution in [0.15, 0.2) is 67.2 Å². The van der Waals surface area contributed by atoms with Gasteiger partial charge in [0.15, 0.2) is 0 Å². The highest BCUT2D eigenvalue weighted by Gasteiger charge is 2.10. The van der Waals surface area contributed by atoms with Crippen molar-refractivity contribution >= 4 is 16.3 Å². The summed E-state index contributed by atoms with van der Waals surface area (Å²) >= 11 is 0. The predicted octanol–water partition coefficient (Wildman–Crippen LogP) is 5.11. The van der Waals surface area contributed by atoms with Crippen molar-refractivity contribution in [2.75, 3.05) is 0 Å². The maximum absolute atomic E-state index is 10.5. The maximum atomic E-state index is 10.5. The summed E-state index contributed by atoms with van der Waals surface area (Å²) in [6.07, 6.45) is 0.749. The molecule has 0 atom stereocenters. The van der Waals surface area contributed by atoms with Crippen LogP contribution in [0, 0.1) is 6.92 Å². The van der Waals surface area contributed by atoms with Crippen molar-refractivity contribution in [3.05, 3.63) is 83.9 Å². The number of fused-ring (bicyclic) bond motifs is 1. The van der Waals surface area contributed by atoms with Crippen LogP contribution in [-0.2, 0) is 6.42 Å². The fourth-order valence-corrected chi connectivity index (χ4v) is 2.67. The number of allylic oxidation sites excluding steroid dienone is 1. The van der Waals surface area contributed by atoms with E-state index < -0.39 is 0 Å². The Balaban J connectivity index is 1.99. The van der Waals surface area contributed by atoms with E-state index in [-0.39, 0.29) is 0 Å². The summed E-state index contributed by atoms with van der Waals surface area (Å²) in [6.45, 7) is 6.27. The topological polar surface area (TPSA) is 20.2 Å². The van der Waals surface area contributed by atoms with Gasteiger partial charge in [-0.3, -0.25) is 0 Å². The highest BCUT2D eigenvalue weighted by Crippen LogP contribution is 2.33. The number of rotatable bonds is 3. The van der Waals surface area contributed by atoms with E-state index in [2.05, 4.69) is 25.6 Å². The number of phenolic OH excluding ortho intramolecular Hbond substituents is 1. The second-order valence-corrected chi connectivity index (χ2v) is 5.39. The monoisotopic (exact) mass is 274 g/mol. The summed E-state index contributed by atoms with van der Waals surface area (Å²) < 4.78 is 0. The zero-order valence-corrected chi connectivity index (χ0v) is 12.1. The van der Waals surface area contributed by atoms with Crippen LogP contribution in [0.2, 0.25) is 0 Å². The van der Waals surface area contributed by atoms with Gasteiger partial charge in [0.1, 0.15) is 5.75 Å². The van der Waals surface area contributed by atoms with Crippen molar-refractivity contribution in [3.63, 3.8) is 0 Å². The normalized spacial score (nSPS) is 10.7. The molecule has 0 aliphatic carbocycles.